The van der Waals surface area contributed by atoms with Gasteiger partial charge in [0.2, 0.25) is 0 Å². The molecule has 0 spiro atoms. The van der Waals surface area contributed by atoms with E-state index in [1.165, 1.54) is 0 Å². The lowest BCUT2D eigenvalue weighted by molar-refractivity contribution is 0.0957. The van der Waals surface area contributed by atoms with Gasteiger partial charge in [-0.3, -0.25) is 4.79 Å². The monoisotopic (exact) mass is 221 g/mol. The number of nitrogens with two attached hydrogens (primary N) is 1. The SMILES string of the molecule is CNC(=O)c1ccc(NC2CC(N)C2)nn1. The van der Waals surface area contributed by atoms with Crippen LogP contribution in [0.5, 0.6) is 0 Å². The van der Waals surface area contributed by atoms with Gasteiger partial charge in [-0.1, -0.05) is 0 Å². The second kappa shape index (κ2) is 4.44. The molecule has 86 valence electrons. The Morgan fingerprint density at radius 2 is 2.19 bits per heavy atom. The van der Waals surface area contributed by atoms with Gasteiger partial charge in [0.25, 0.3) is 5.91 Å². The minimum atomic E-state index is -0.232. The van der Waals surface area contributed by atoms with Gasteiger partial charge in [-0.15, -0.1) is 10.2 Å². The van der Waals surface area contributed by atoms with E-state index in [4.69, 9.17) is 5.73 Å². The topological polar surface area (TPSA) is 92.9 Å². The van der Waals surface area contributed by atoms with E-state index in [0.717, 1.165) is 12.8 Å². The molecule has 16 heavy (non-hydrogen) atoms. The molecule has 1 aliphatic carbocycles. The summed E-state index contributed by atoms with van der Waals surface area (Å²) in [5.74, 6) is 0.453. The zero-order valence-electron chi connectivity index (χ0n) is 9.10. The first kappa shape index (κ1) is 10.8. The number of hydrogen-bond acceptors (Lipinski definition) is 5. The van der Waals surface area contributed by atoms with E-state index in [1.54, 1.807) is 19.2 Å². The Kier molecular flexibility index (Phi) is 3.00. The Labute approximate surface area is 93.6 Å². The smallest absolute Gasteiger partial charge is 0.271 e. The molecule has 0 aromatic carbocycles. The van der Waals surface area contributed by atoms with Crippen LogP contribution in [0.25, 0.3) is 0 Å². The summed E-state index contributed by atoms with van der Waals surface area (Å²) < 4.78 is 0. The van der Waals surface area contributed by atoms with E-state index in [1.807, 2.05) is 0 Å². The van der Waals surface area contributed by atoms with Gasteiger partial charge in [0, 0.05) is 19.1 Å². The minimum absolute atomic E-state index is 0.232. The maximum atomic E-state index is 11.2. The maximum Gasteiger partial charge on any atom is 0.271 e. The predicted molar refractivity (Wildman–Crippen MR) is 60.0 cm³/mol. The number of nitrogens with zero attached hydrogens (tertiary/aromatic N) is 2. The molecule has 0 atom stereocenters. The van der Waals surface area contributed by atoms with Crippen molar-refractivity contribution in [2.45, 2.75) is 24.9 Å². The highest BCUT2D eigenvalue weighted by molar-refractivity contribution is 5.91. The fourth-order valence-corrected chi connectivity index (χ4v) is 1.65. The van der Waals surface area contributed by atoms with Crippen LogP contribution in [0.15, 0.2) is 12.1 Å². The van der Waals surface area contributed by atoms with E-state index in [0.29, 0.717) is 23.6 Å². The molecule has 4 N–H and O–H groups in total. The summed E-state index contributed by atoms with van der Waals surface area (Å²) in [6.45, 7) is 0. The second-order valence-electron chi connectivity index (χ2n) is 3.96. The average molecular weight is 221 g/mol. The van der Waals surface area contributed by atoms with Gasteiger partial charge < -0.3 is 16.4 Å². The number of carbonyl (C=O) groups excluding carboxylic acids is 1. The largest absolute Gasteiger partial charge is 0.366 e. The van der Waals surface area contributed by atoms with Crippen LogP contribution in [0.1, 0.15) is 23.3 Å². The first-order valence-electron chi connectivity index (χ1n) is 5.27. The Hall–Kier alpha value is -1.69. The van der Waals surface area contributed by atoms with Crippen molar-refractivity contribution in [2.24, 2.45) is 5.73 Å². The number of hydrogen-bond donors (Lipinski definition) is 3. The highest BCUT2D eigenvalue weighted by atomic mass is 16.1. The lowest BCUT2D eigenvalue weighted by Gasteiger charge is -2.33. The van der Waals surface area contributed by atoms with Crippen LogP contribution < -0.4 is 16.4 Å². The summed E-state index contributed by atoms with van der Waals surface area (Å²) in [6, 6.07) is 4.08. The van der Waals surface area contributed by atoms with Crippen molar-refractivity contribution in [3.63, 3.8) is 0 Å². The highest BCUT2D eigenvalue weighted by Gasteiger charge is 2.25. The summed E-state index contributed by atoms with van der Waals surface area (Å²) in [6.07, 6.45) is 1.91. The highest BCUT2D eigenvalue weighted by Crippen LogP contribution is 2.21. The Morgan fingerprint density at radius 1 is 1.44 bits per heavy atom. The molecule has 0 bridgehead atoms. The van der Waals surface area contributed by atoms with Crippen LogP contribution in [0.2, 0.25) is 0 Å². The third-order valence-electron chi connectivity index (χ3n) is 2.65. The standard InChI is InChI=1S/C10H15N5O/c1-12-10(16)8-2-3-9(15-14-8)13-7-4-6(11)5-7/h2-3,6-7H,4-5,11H2,1H3,(H,12,16)(H,13,15). The molecule has 1 amide bonds. The first-order chi connectivity index (χ1) is 7.69. The van der Waals surface area contributed by atoms with Crippen LogP contribution in [-0.2, 0) is 0 Å². The molecular formula is C10H15N5O. The number of carbonyl (C=O) groups is 1. The molecule has 0 unspecified atom stereocenters. The average Bonchev–Trinajstić information content (AvgIpc) is 2.27. The minimum Gasteiger partial charge on any atom is -0.366 e. The molecule has 1 aliphatic rings. The fourth-order valence-electron chi connectivity index (χ4n) is 1.65. The molecule has 1 aromatic rings. The van der Waals surface area contributed by atoms with Gasteiger partial charge in [-0.05, 0) is 25.0 Å². The number of anilines is 1. The van der Waals surface area contributed by atoms with E-state index in [2.05, 4.69) is 20.8 Å². The number of aromatic nitrogens is 2. The predicted octanol–water partition coefficient (Wildman–Crippen LogP) is -0.262. The molecule has 6 nitrogen and oxygen atoms in total. The third-order valence-corrected chi connectivity index (χ3v) is 2.65. The molecule has 1 aromatic heterocycles. The van der Waals surface area contributed by atoms with Gasteiger partial charge >= 0.3 is 0 Å². The van der Waals surface area contributed by atoms with Crippen molar-refractivity contribution in [3.8, 4) is 0 Å². The van der Waals surface area contributed by atoms with Gasteiger partial charge in [0.15, 0.2) is 5.69 Å². The molecule has 1 fully saturated rings. The van der Waals surface area contributed by atoms with Crippen molar-refractivity contribution in [3.05, 3.63) is 17.8 Å². The first-order valence-corrected chi connectivity index (χ1v) is 5.27. The van der Waals surface area contributed by atoms with Gasteiger partial charge in [0.1, 0.15) is 5.82 Å². The molecule has 1 heterocycles. The van der Waals surface area contributed by atoms with Crippen LogP contribution in [-0.4, -0.2) is 35.2 Å². The molecule has 6 heteroatoms. The van der Waals surface area contributed by atoms with Crippen molar-refractivity contribution in [1.82, 2.24) is 15.5 Å². The van der Waals surface area contributed by atoms with E-state index < -0.39 is 0 Å². The second-order valence-corrected chi connectivity index (χ2v) is 3.96. The van der Waals surface area contributed by atoms with E-state index >= 15 is 0 Å². The van der Waals surface area contributed by atoms with Crippen LogP contribution in [0.3, 0.4) is 0 Å². The van der Waals surface area contributed by atoms with Crippen LogP contribution in [0.4, 0.5) is 5.82 Å². The molecule has 0 aliphatic heterocycles. The fraction of sp³-hybridized carbons (Fsp3) is 0.500. The molecular weight excluding hydrogens is 206 g/mol. The van der Waals surface area contributed by atoms with Crippen molar-refractivity contribution in [2.75, 3.05) is 12.4 Å². The summed E-state index contributed by atoms with van der Waals surface area (Å²) in [5, 5.41) is 13.5. The Balaban J connectivity index is 1.94. The summed E-state index contributed by atoms with van der Waals surface area (Å²) >= 11 is 0. The van der Waals surface area contributed by atoms with Crippen molar-refractivity contribution >= 4 is 11.7 Å². The number of amides is 1. The Morgan fingerprint density at radius 3 is 2.69 bits per heavy atom. The van der Waals surface area contributed by atoms with Crippen molar-refractivity contribution < 1.29 is 4.79 Å². The van der Waals surface area contributed by atoms with Crippen LogP contribution in [0, 0.1) is 0 Å². The lowest BCUT2D eigenvalue weighted by atomic mass is 9.88. The summed E-state index contributed by atoms with van der Waals surface area (Å²) in [4.78, 5) is 11.2. The van der Waals surface area contributed by atoms with Crippen LogP contribution >= 0.6 is 0 Å². The molecule has 1 saturated carbocycles. The normalized spacial score (nSPS) is 23.4. The summed E-state index contributed by atoms with van der Waals surface area (Å²) in [7, 11) is 1.56. The number of nitrogens with one attached hydrogen (secondary N) is 2. The Bertz CT molecular complexity index is 371. The van der Waals surface area contributed by atoms with E-state index in [9.17, 15) is 4.79 Å². The molecule has 0 radical (unpaired) electrons. The molecule has 0 saturated heterocycles. The summed E-state index contributed by atoms with van der Waals surface area (Å²) in [5.41, 5.74) is 5.99. The van der Waals surface area contributed by atoms with Crippen molar-refractivity contribution in [1.29, 1.82) is 0 Å². The molecule has 2 rings (SSSR count). The van der Waals surface area contributed by atoms with Gasteiger partial charge in [0.05, 0.1) is 0 Å². The quantitative estimate of drug-likeness (QED) is 0.653. The van der Waals surface area contributed by atoms with Gasteiger partial charge in [-0.2, -0.15) is 0 Å². The van der Waals surface area contributed by atoms with Gasteiger partial charge in [-0.25, -0.2) is 0 Å². The lowest BCUT2D eigenvalue weighted by Crippen LogP contribution is -2.44. The zero-order valence-corrected chi connectivity index (χ0v) is 9.10. The zero-order chi connectivity index (χ0) is 11.5. The van der Waals surface area contributed by atoms with E-state index in [-0.39, 0.29) is 5.91 Å². The maximum absolute atomic E-state index is 11.2. The number of rotatable bonds is 3. The third kappa shape index (κ3) is 2.27.